The Labute approximate surface area is 127 Å². The molecule has 4 heteroatoms. The van der Waals surface area contributed by atoms with Crippen molar-refractivity contribution in [1.29, 1.82) is 0 Å². The van der Waals surface area contributed by atoms with Crippen LogP contribution in [-0.2, 0) is 11.3 Å². The lowest BCUT2D eigenvalue weighted by molar-refractivity contribution is -0.120. The molecule has 1 aromatic carbocycles. The molecular formula is C17H27N3O. The number of anilines is 1. The number of nitrogens with one attached hydrogen (secondary N) is 1. The Morgan fingerprint density at radius 1 is 1.24 bits per heavy atom. The fourth-order valence-corrected chi connectivity index (χ4v) is 2.81. The molecule has 0 aromatic heterocycles. The molecule has 0 radical (unpaired) electrons. The van der Waals surface area contributed by atoms with Gasteiger partial charge in [-0.25, -0.2) is 0 Å². The van der Waals surface area contributed by atoms with Crippen LogP contribution in [0.1, 0.15) is 32.3 Å². The second kappa shape index (κ2) is 7.57. The lowest BCUT2D eigenvalue weighted by Crippen LogP contribution is -2.33. The number of hydrogen-bond donors (Lipinski definition) is 2. The Morgan fingerprint density at radius 3 is 2.38 bits per heavy atom. The molecule has 2 rings (SSSR count). The number of carbonyl (C=O) groups excluding carboxylic acids is 1. The summed E-state index contributed by atoms with van der Waals surface area (Å²) in [5.74, 6) is 0.138. The molecule has 1 heterocycles. The number of nitrogens with zero attached hydrogens (tertiary/aromatic N) is 1. The van der Waals surface area contributed by atoms with E-state index in [4.69, 9.17) is 5.73 Å². The van der Waals surface area contributed by atoms with Crippen LogP contribution < -0.4 is 11.1 Å². The lowest BCUT2D eigenvalue weighted by atomic mass is 9.95. The van der Waals surface area contributed by atoms with E-state index in [-0.39, 0.29) is 17.7 Å². The molecule has 21 heavy (non-hydrogen) atoms. The first kappa shape index (κ1) is 16.0. The van der Waals surface area contributed by atoms with Crippen LogP contribution in [0.3, 0.4) is 0 Å². The number of nitrogens with two attached hydrogens (primary N) is 1. The Kier molecular flexibility index (Phi) is 5.76. The third-order valence-electron chi connectivity index (χ3n) is 4.22. The zero-order chi connectivity index (χ0) is 15.2. The molecule has 1 aromatic rings. The standard InChI is InChI=1S/C17H27N3O/c1-13(2)16(11-18)17(21)19-15-7-5-14(6-8-15)12-20-9-3-4-10-20/h5-8,13,16H,3-4,9-12,18H2,1-2H3,(H,19,21). The van der Waals surface area contributed by atoms with Crippen molar-refractivity contribution in [2.24, 2.45) is 17.6 Å². The van der Waals surface area contributed by atoms with Gasteiger partial charge in [0.15, 0.2) is 0 Å². The highest BCUT2D eigenvalue weighted by atomic mass is 16.1. The monoisotopic (exact) mass is 289 g/mol. The van der Waals surface area contributed by atoms with Gasteiger partial charge in [-0.1, -0.05) is 26.0 Å². The maximum Gasteiger partial charge on any atom is 0.229 e. The number of amides is 1. The Morgan fingerprint density at radius 2 is 1.86 bits per heavy atom. The number of likely N-dealkylation sites (tertiary alicyclic amines) is 1. The number of rotatable bonds is 6. The minimum atomic E-state index is -0.130. The van der Waals surface area contributed by atoms with Crippen molar-refractivity contribution in [3.63, 3.8) is 0 Å². The van der Waals surface area contributed by atoms with Crippen molar-refractivity contribution >= 4 is 11.6 Å². The van der Waals surface area contributed by atoms with Gasteiger partial charge in [-0.05, 0) is 49.5 Å². The molecule has 3 N–H and O–H groups in total. The average molecular weight is 289 g/mol. The van der Waals surface area contributed by atoms with Crippen LogP contribution in [0.4, 0.5) is 5.69 Å². The summed E-state index contributed by atoms with van der Waals surface area (Å²) in [5.41, 5.74) is 7.83. The van der Waals surface area contributed by atoms with Crippen molar-refractivity contribution in [1.82, 2.24) is 4.90 Å². The van der Waals surface area contributed by atoms with Gasteiger partial charge in [-0.15, -0.1) is 0 Å². The van der Waals surface area contributed by atoms with Gasteiger partial charge in [0.2, 0.25) is 5.91 Å². The third kappa shape index (κ3) is 4.55. The molecule has 1 atom stereocenters. The Bertz CT molecular complexity index is 450. The molecule has 1 amide bonds. The summed E-state index contributed by atoms with van der Waals surface area (Å²) >= 11 is 0. The normalized spacial score (nSPS) is 17.1. The number of carbonyl (C=O) groups is 1. The highest BCUT2D eigenvalue weighted by molar-refractivity contribution is 5.92. The zero-order valence-electron chi connectivity index (χ0n) is 13.1. The van der Waals surface area contributed by atoms with Crippen molar-refractivity contribution in [3.05, 3.63) is 29.8 Å². The van der Waals surface area contributed by atoms with Crippen LogP contribution in [0.15, 0.2) is 24.3 Å². The maximum absolute atomic E-state index is 12.1. The summed E-state index contributed by atoms with van der Waals surface area (Å²) in [4.78, 5) is 14.6. The van der Waals surface area contributed by atoms with E-state index in [2.05, 4.69) is 22.3 Å². The summed E-state index contributed by atoms with van der Waals surface area (Å²) in [6, 6.07) is 8.16. The smallest absolute Gasteiger partial charge is 0.229 e. The minimum absolute atomic E-state index is 0.0137. The highest BCUT2D eigenvalue weighted by Crippen LogP contribution is 2.17. The SMILES string of the molecule is CC(C)C(CN)C(=O)Nc1ccc(CN2CCCC2)cc1. The fourth-order valence-electron chi connectivity index (χ4n) is 2.81. The van der Waals surface area contributed by atoms with Crippen LogP contribution in [0, 0.1) is 11.8 Å². The summed E-state index contributed by atoms with van der Waals surface area (Å²) in [7, 11) is 0. The molecule has 0 aliphatic carbocycles. The van der Waals surface area contributed by atoms with E-state index in [0.29, 0.717) is 6.54 Å². The van der Waals surface area contributed by atoms with Gasteiger partial charge in [0.1, 0.15) is 0 Å². The molecule has 0 bridgehead atoms. The minimum Gasteiger partial charge on any atom is -0.330 e. The molecule has 0 saturated carbocycles. The molecule has 1 aliphatic rings. The van der Waals surface area contributed by atoms with E-state index < -0.39 is 0 Å². The summed E-state index contributed by atoms with van der Waals surface area (Å²) in [6.45, 7) is 7.84. The largest absolute Gasteiger partial charge is 0.330 e. The van der Waals surface area contributed by atoms with E-state index in [1.54, 1.807) is 0 Å². The maximum atomic E-state index is 12.1. The van der Waals surface area contributed by atoms with Gasteiger partial charge < -0.3 is 11.1 Å². The lowest BCUT2D eigenvalue weighted by Gasteiger charge is -2.18. The molecule has 1 unspecified atom stereocenters. The van der Waals surface area contributed by atoms with Crippen molar-refractivity contribution in [2.75, 3.05) is 25.0 Å². The average Bonchev–Trinajstić information content (AvgIpc) is 2.94. The first-order valence-corrected chi connectivity index (χ1v) is 7.92. The van der Waals surface area contributed by atoms with E-state index in [1.807, 2.05) is 26.0 Å². The number of benzene rings is 1. The molecular weight excluding hydrogens is 262 g/mol. The molecule has 1 aliphatic heterocycles. The van der Waals surface area contributed by atoms with E-state index >= 15 is 0 Å². The summed E-state index contributed by atoms with van der Waals surface area (Å²) in [6.07, 6.45) is 2.62. The predicted molar refractivity (Wildman–Crippen MR) is 87.0 cm³/mol. The van der Waals surface area contributed by atoms with Gasteiger partial charge in [-0.2, -0.15) is 0 Å². The van der Waals surface area contributed by atoms with Crippen molar-refractivity contribution < 1.29 is 4.79 Å². The number of hydrogen-bond acceptors (Lipinski definition) is 3. The van der Waals surface area contributed by atoms with E-state index in [9.17, 15) is 4.79 Å². The Hall–Kier alpha value is -1.39. The predicted octanol–water partition coefficient (Wildman–Crippen LogP) is 2.45. The third-order valence-corrected chi connectivity index (χ3v) is 4.22. The van der Waals surface area contributed by atoms with E-state index in [1.165, 1.54) is 31.5 Å². The molecule has 116 valence electrons. The zero-order valence-corrected chi connectivity index (χ0v) is 13.1. The summed E-state index contributed by atoms with van der Waals surface area (Å²) < 4.78 is 0. The van der Waals surface area contributed by atoms with Gasteiger partial charge in [0, 0.05) is 18.8 Å². The summed E-state index contributed by atoms with van der Waals surface area (Å²) in [5, 5.41) is 2.96. The van der Waals surface area contributed by atoms with Gasteiger partial charge in [0.05, 0.1) is 5.92 Å². The quantitative estimate of drug-likeness (QED) is 0.845. The fraction of sp³-hybridized carbons (Fsp3) is 0.588. The van der Waals surface area contributed by atoms with Crippen LogP contribution in [0.2, 0.25) is 0 Å². The second-order valence-corrected chi connectivity index (χ2v) is 6.26. The molecule has 0 spiro atoms. The van der Waals surface area contributed by atoms with Crippen LogP contribution in [0.25, 0.3) is 0 Å². The van der Waals surface area contributed by atoms with Gasteiger partial charge in [0.25, 0.3) is 0 Å². The van der Waals surface area contributed by atoms with Crippen LogP contribution in [-0.4, -0.2) is 30.4 Å². The van der Waals surface area contributed by atoms with Crippen molar-refractivity contribution in [2.45, 2.75) is 33.2 Å². The second-order valence-electron chi connectivity index (χ2n) is 6.26. The first-order valence-electron chi connectivity index (χ1n) is 7.92. The molecule has 1 saturated heterocycles. The molecule has 1 fully saturated rings. The Balaban J connectivity index is 1.90. The van der Waals surface area contributed by atoms with Crippen LogP contribution >= 0.6 is 0 Å². The highest BCUT2D eigenvalue weighted by Gasteiger charge is 2.20. The first-order chi connectivity index (χ1) is 10.1. The van der Waals surface area contributed by atoms with Crippen LogP contribution in [0.5, 0.6) is 0 Å². The topological polar surface area (TPSA) is 58.4 Å². The van der Waals surface area contributed by atoms with Gasteiger partial charge >= 0.3 is 0 Å². The van der Waals surface area contributed by atoms with Gasteiger partial charge in [-0.3, -0.25) is 9.69 Å². The molecule has 4 nitrogen and oxygen atoms in total. The van der Waals surface area contributed by atoms with Crippen molar-refractivity contribution in [3.8, 4) is 0 Å². The van der Waals surface area contributed by atoms with E-state index in [0.717, 1.165) is 12.2 Å².